The van der Waals surface area contributed by atoms with E-state index >= 15 is 0 Å². The minimum atomic E-state index is -0.226. The van der Waals surface area contributed by atoms with Gasteiger partial charge in [0.15, 0.2) is 0 Å². The predicted octanol–water partition coefficient (Wildman–Crippen LogP) is 6.39. The van der Waals surface area contributed by atoms with Gasteiger partial charge in [0, 0.05) is 29.4 Å². The average Bonchev–Trinajstić information content (AvgIpc) is 3.29. The first-order valence-corrected chi connectivity index (χ1v) is 12.2. The molecule has 2 heterocycles. The summed E-state index contributed by atoms with van der Waals surface area (Å²) in [4.78, 5) is 20.8. The molecule has 1 amide bonds. The van der Waals surface area contributed by atoms with Crippen LogP contribution in [0.2, 0.25) is 0 Å². The second-order valence-electron chi connectivity index (χ2n) is 9.46. The number of carbonyl (C=O) groups excluding carboxylic acids is 1. The first-order valence-electron chi connectivity index (χ1n) is 12.2. The third kappa shape index (κ3) is 4.92. The van der Waals surface area contributed by atoms with Gasteiger partial charge >= 0.3 is 0 Å². The number of H-pyrrole nitrogens is 1. The Morgan fingerprint density at radius 3 is 2.74 bits per heavy atom. The van der Waals surface area contributed by atoms with Crippen molar-refractivity contribution in [3.8, 4) is 17.0 Å². The van der Waals surface area contributed by atoms with Gasteiger partial charge in [0.05, 0.1) is 23.9 Å². The molecule has 0 unspecified atom stereocenters. The van der Waals surface area contributed by atoms with Crippen LogP contribution in [0.15, 0.2) is 60.8 Å². The molecule has 0 bridgehead atoms. The van der Waals surface area contributed by atoms with Crippen molar-refractivity contribution in [3.05, 3.63) is 83.4 Å². The predicted molar refractivity (Wildman–Crippen MR) is 136 cm³/mol. The van der Waals surface area contributed by atoms with Crippen molar-refractivity contribution in [2.24, 2.45) is 5.92 Å². The number of benzene rings is 2. The van der Waals surface area contributed by atoms with E-state index in [1.165, 1.54) is 11.6 Å². The fourth-order valence-electron chi connectivity index (χ4n) is 5.28. The van der Waals surface area contributed by atoms with Crippen LogP contribution in [0.25, 0.3) is 22.2 Å². The van der Waals surface area contributed by atoms with Gasteiger partial charge in [-0.2, -0.15) is 0 Å². The van der Waals surface area contributed by atoms with Crippen LogP contribution >= 0.6 is 0 Å². The maximum Gasteiger partial charge on any atom is 0.253 e. The molecule has 2 aromatic heterocycles. The lowest BCUT2D eigenvalue weighted by Gasteiger charge is -2.29. The Morgan fingerprint density at radius 2 is 1.94 bits per heavy atom. The summed E-state index contributed by atoms with van der Waals surface area (Å²) < 4.78 is 19.2. The number of halogens is 1. The molecule has 0 radical (unpaired) electrons. The van der Waals surface area contributed by atoms with Crippen LogP contribution < -0.4 is 10.1 Å². The summed E-state index contributed by atoms with van der Waals surface area (Å²) in [6.45, 7) is 2.61. The fourth-order valence-corrected chi connectivity index (χ4v) is 5.28. The molecular weight excluding hydrogens is 441 g/mol. The van der Waals surface area contributed by atoms with E-state index in [4.69, 9.17) is 4.74 Å². The number of nitrogens with one attached hydrogen (secondary N) is 2. The third-order valence-electron chi connectivity index (χ3n) is 7.13. The molecule has 5 rings (SSSR count). The Labute approximate surface area is 204 Å². The number of aryl methyl sites for hydroxylation is 1. The highest BCUT2D eigenvalue weighted by atomic mass is 19.1. The van der Waals surface area contributed by atoms with E-state index in [-0.39, 0.29) is 11.7 Å². The number of ether oxygens (including phenoxy) is 1. The van der Waals surface area contributed by atoms with E-state index in [0.717, 1.165) is 59.3 Å². The average molecular weight is 472 g/mol. The van der Waals surface area contributed by atoms with Crippen LogP contribution in [0.4, 0.5) is 4.39 Å². The van der Waals surface area contributed by atoms with Gasteiger partial charge in [0.2, 0.25) is 0 Å². The Morgan fingerprint density at radius 1 is 1.11 bits per heavy atom. The number of aromatic amines is 1. The van der Waals surface area contributed by atoms with Gasteiger partial charge in [0.1, 0.15) is 11.6 Å². The fraction of sp³-hybridized carbons (Fsp3) is 0.310. The summed E-state index contributed by atoms with van der Waals surface area (Å²) in [7, 11) is 1.64. The molecule has 1 aliphatic carbocycles. The molecule has 35 heavy (non-hydrogen) atoms. The Bertz CT molecular complexity index is 1360. The standard InChI is InChI=1S/C29H30FN3O2/c1-18-14-26(28(33-18)21-4-3-5-23(15-21)35-2)29(34)32-17-19-6-8-20(9-7-19)24-12-13-31-27-11-10-22(30)16-25(24)27/h3-5,10-16,19-20,33H,6-9,17H2,1-2H3,(H,32,34). The highest BCUT2D eigenvalue weighted by Crippen LogP contribution is 2.38. The molecule has 180 valence electrons. The van der Waals surface area contributed by atoms with Crippen molar-refractivity contribution in [1.29, 1.82) is 0 Å². The molecule has 5 nitrogen and oxygen atoms in total. The second kappa shape index (κ2) is 9.90. The Hall–Kier alpha value is -3.67. The van der Waals surface area contributed by atoms with Crippen LogP contribution in [0.1, 0.15) is 53.2 Å². The zero-order valence-corrected chi connectivity index (χ0v) is 20.1. The summed E-state index contributed by atoms with van der Waals surface area (Å²) in [6.07, 6.45) is 5.92. The zero-order chi connectivity index (χ0) is 24.4. The van der Waals surface area contributed by atoms with Gasteiger partial charge < -0.3 is 15.0 Å². The maximum atomic E-state index is 13.9. The van der Waals surface area contributed by atoms with Gasteiger partial charge in [-0.15, -0.1) is 0 Å². The molecular formula is C29H30FN3O2. The van der Waals surface area contributed by atoms with Crippen LogP contribution in [-0.4, -0.2) is 29.5 Å². The summed E-state index contributed by atoms with van der Waals surface area (Å²) in [5.74, 6) is 1.28. The van der Waals surface area contributed by atoms with E-state index in [1.807, 2.05) is 49.5 Å². The monoisotopic (exact) mass is 471 g/mol. The smallest absolute Gasteiger partial charge is 0.253 e. The van der Waals surface area contributed by atoms with E-state index in [1.54, 1.807) is 19.2 Å². The number of fused-ring (bicyclic) bond motifs is 1. The zero-order valence-electron chi connectivity index (χ0n) is 20.1. The molecule has 0 saturated heterocycles. The van der Waals surface area contributed by atoms with Crippen molar-refractivity contribution in [2.75, 3.05) is 13.7 Å². The van der Waals surface area contributed by atoms with E-state index in [0.29, 0.717) is 23.9 Å². The van der Waals surface area contributed by atoms with Gasteiger partial charge in [-0.3, -0.25) is 9.78 Å². The number of amides is 1. The summed E-state index contributed by atoms with van der Waals surface area (Å²) in [5, 5.41) is 4.08. The number of hydrogen-bond donors (Lipinski definition) is 2. The first-order chi connectivity index (χ1) is 17.0. The lowest BCUT2D eigenvalue weighted by atomic mass is 9.78. The summed E-state index contributed by atoms with van der Waals surface area (Å²) >= 11 is 0. The number of carbonyl (C=O) groups is 1. The first kappa shape index (κ1) is 23.1. The molecule has 1 fully saturated rings. The van der Waals surface area contributed by atoms with Crippen LogP contribution in [-0.2, 0) is 0 Å². The number of nitrogens with zero attached hydrogens (tertiary/aromatic N) is 1. The molecule has 0 spiro atoms. The molecule has 0 aliphatic heterocycles. The Balaban J connectivity index is 1.23. The quantitative estimate of drug-likeness (QED) is 0.342. The molecule has 0 atom stereocenters. The maximum absolute atomic E-state index is 13.9. The lowest BCUT2D eigenvalue weighted by Crippen LogP contribution is -2.31. The molecule has 1 aliphatic rings. The van der Waals surface area contributed by atoms with Crippen molar-refractivity contribution < 1.29 is 13.9 Å². The largest absolute Gasteiger partial charge is 0.497 e. The van der Waals surface area contributed by atoms with Gasteiger partial charge in [-0.1, -0.05) is 12.1 Å². The van der Waals surface area contributed by atoms with Crippen LogP contribution in [0.3, 0.4) is 0 Å². The number of aromatic nitrogens is 2. The molecule has 4 aromatic rings. The normalized spacial score (nSPS) is 17.9. The summed E-state index contributed by atoms with van der Waals surface area (Å²) in [6, 6.07) is 16.5. The number of hydrogen-bond acceptors (Lipinski definition) is 3. The van der Waals surface area contributed by atoms with Crippen molar-refractivity contribution in [1.82, 2.24) is 15.3 Å². The van der Waals surface area contributed by atoms with Gasteiger partial charge in [-0.05, 0) is 92.5 Å². The summed E-state index contributed by atoms with van der Waals surface area (Å²) in [5.41, 5.74) is 5.34. The highest BCUT2D eigenvalue weighted by Gasteiger charge is 2.25. The Kier molecular flexibility index (Phi) is 6.53. The second-order valence-corrected chi connectivity index (χ2v) is 9.46. The van der Waals surface area contributed by atoms with E-state index in [2.05, 4.69) is 15.3 Å². The highest BCUT2D eigenvalue weighted by molar-refractivity contribution is 6.00. The van der Waals surface area contributed by atoms with Crippen LogP contribution in [0.5, 0.6) is 5.75 Å². The number of pyridine rings is 1. The van der Waals surface area contributed by atoms with Crippen molar-refractivity contribution >= 4 is 16.8 Å². The molecule has 6 heteroatoms. The van der Waals surface area contributed by atoms with E-state index < -0.39 is 0 Å². The van der Waals surface area contributed by atoms with E-state index in [9.17, 15) is 9.18 Å². The molecule has 2 N–H and O–H groups in total. The minimum absolute atomic E-state index is 0.0649. The van der Waals surface area contributed by atoms with Gasteiger partial charge in [-0.25, -0.2) is 4.39 Å². The van der Waals surface area contributed by atoms with Crippen LogP contribution in [0, 0.1) is 18.7 Å². The third-order valence-corrected chi connectivity index (χ3v) is 7.13. The molecule has 1 saturated carbocycles. The van der Waals surface area contributed by atoms with Crippen molar-refractivity contribution in [3.63, 3.8) is 0 Å². The molecule has 2 aromatic carbocycles. The number of methoxy groups -OCH3 is 1. The number of rotatable bonds is 6. The topological polar surface area (TPSA) is 67.0 Å². The van der Waals surface area contributed by atoms with Gasteiger partial charge in [0.25, 0.3) is 5.91 Å². The lowest BCUT2D eigenvalue weighted by molar-refractivity contribution is 0.0943. The van der Waals surface area contributed by atoms with Crippen molar-refractivity contribution in [2.45, 2.75) is 38.5 Å². The minimum Gasteiger partial charge on any atom is -0.497 e. The SMILES string of the molecule is COc1cccc(-c2[nH]c(C)cc2C(=O)NCC2CCC(c3ccnc4ccc(F)cc34)CC2)c1.